The molecule has 1 aromatic rings. The smallest absolute Gasteiger partial charge is 0.318 e. The highest BCUT2D eigenvalue weighted by Crippen LogP contribution is 2.34. The highest BCUT2D eigenvalue weighted by molar-refractivity contribution is 5.76. The van der Waals surface area contributed by atoms with Gasteiger partial charge in [0.15, 0.2) is 0 Å². The van der Waals surface area contributed by atoms with Gasteiger partial charge in [0.25, 0.3) is 0 Å². The first-order chi connectivity index (χ1) is 8.81. The second kappa shape index (κ2) is 6.14. The van der Waals surface area contributed by atoms with E-state index < -0.39 is 5.92 Å². The first kappa shape index (κ1) is 15.6. The van der Waals surface area contributed by atoms with E-state index in [0.29, 0.717) is 12.4 Å². The molecule has 0 aliphatic rings. The molecule has 6 nitrogen and oxygen atoms in total. The van der Waals surface area contributed by atoms with Gasteiger partial charge in [-0.2, -0.15) is 4.98 Å². The predicted molar refractivity (Wildman–Crippen MR) is 68.6 cm³/mol. The molecule has 0 fully saturated rings. The van der Waals surface area contributed by atoms with Crippen molar-refractivity contribution in [3.8, 4) is 0 Å². The lowest BCUT2D eigenvalue weighted by Gasteiger charge is -2.26. The van der Waals surface area contributed by atoms with Crippen molar-refractivity contribution in [2.75, 3.05) is 13.7 Å². The first-order valence-electron chi connectivity index (χ1n) is 6.34. The normalized spacial score (nSPS) is 15.1. The third-order valence-corrected chi connectivity index (χ3v) is 2.72. The Morgan fingerprint density at radius 3 is 2.53 bits per heavy atom. The minimum absolute atomic E-state index is 0.164. The number of hydrogen-bond donors (Lipinski definition) is 0. The lowest BCUT2D eigenvalue weighted by Crippen LogP contribution is -2.21. The molecule has 0 radical (unpaired) electrons. The van der Waals surface area contributed by atoms with Gasteiger partial charge in [-0.25, -0.2) is 0 Å². The van der Waals surface area contributed by atoms with Crippen LogP contribution in [0.15, 0.2) is 4.52 Å². The number of rotatable bonds is 5. The third-order valence-electron chi connectivity index (χ3n) is 2.72. The van der Waals surface area contributed by atoms with Gasteiger partial charge in [0.1, 0.15) is 12.0 Å². The minimum Gasteiger partial charge on any atom is -0.465 e. The van der Waals surface area contributed by atoms with Gasteiger partial charge in [-0.05, 0) is 19.3 Å². The van der Waals surface area contributed by atoms with Crippen molar-refractivity contribution in [3.05, 3.63) is 11.7 Å². The zero-order chi connectivity index (χ0) is 14.6. The maximum absolute atomic E-state index is 11.6. The molecule has 1 heterocycles. The summed E-state index contributed by atoms with van der Waals surface area (Å²) in [6.45, 7) is 9.81. The summed E-state index contributed by atoms with van der Waals surface area (Å²) in [4.78, 5) is 15.9. The van der Waals surface area contributed by atoms with Gasteiger partial charge < -0.3 is 14.0 Å². The van der Waals surface area contributed by atoms with Crippen molar-refractivity contribution in [2.24, 2.45) is 5.41 Å². The molecule has 0 spiro atoms. The third kappa shape index (κ3) is 3.76. The minimum atomic E-state index is -0.571. The molecular formula is C13H22N2O4. The molecule has 2 atom stereocenters. The van der Waals surface area contributed by atoms with Crippen LogP contribution in [0, 0.1) is 5.41 Å². The Hall–Kier alpha value is -1.43. The van der Waals surface area contributed by atoms with Gasteiger partial charge in [-0.3, -0.25) is 4.79 Å². The van der Waals surface area contributed by atoms with Crippen molar-refractivity contribution < 1.29 is 18.8 Å². The molecule has 0 saturated heterocycles. The lowest BCUT2D eigenvalue weighted by molar-refractivity contribution is -0.145. The summed E-state index contributed by atoms with van der Waals surface area (Å²) in [5.41, 5.74) is -0.164. The van der Waals surface area contributed by atoms with Crippen molar-refractivity contribution in [1.29, 1.82) is 0 Å². The zero-order valence-corrected chi connectivity index (χ0v) is 12.4. The van der Waals surface area contributed by atoms with Gasteiger partial charge in [0.05, 0.1) is 6.61 Å². The number of methoxy groups -OCH3 is 1. The average Bonchev–Trinajstić information content (AvgIpc) is 2.76. The van der Waals surface area contributed by atoms with Crippen molar-refractivity contribution in [2.45, 2.75) is 46.6 Å². The van der Waals surface area contributed by atoms with Gasteiger partial charge in [-0.15, -0.1) is 0 Å². The predicted octanol–water partition coefficient (Wildman–Crippen LogP) is 2.47. The van der Waals surface area contributed by atoms with Gasteiger partial charge in [-0.1, -0.05) is 25.9 Å². The Bertz CT molecular complexity index is 423. The SMILES string of the molecule is CCOC(=O)C(C)c1nc(C(OC)C(C)(C)C)no1. The van der Waals surface area contributed by atoms with E-state index in [-0.39, 0.29) is 23.4 Å². The van der Waals surface area contributed by atoms with E-state index in [1.54, 1.807) is 21.0 Å². The first-order valence-corrected chi connectivity index (χ1v) is 6.34. The number of ether oxygens (including phenoxy) is 2. The fourth-order valence-electron chi connectivity index (χ4n) is 1.74. The van der Waals surface area contributed by atoms with Crippen LogP contribution in [0.2, 0.25) is 0 Å². The van der Waals surface area contributed by atoms with Crippen molar-refractivity contribution in [1.82, 2.24) is 10.1 Å². The van der Waals surface area contributed by atoms with E-state index in [4.69, 9.17) is 14.0 Å². The van der Waals surface area contributed by atoms with Gasteiger partial charge in [0, 0.05) is 7.11 Å². The Labute approximate surface area is 113 Å². The molecule has 0 amide bonds. The lowest BCUT2D eigenvalue weighted by atomic mass is 9.88. The second-order valence-corrected chi connectivity index (χ2v) is 5.45. The molecule has 1 aromatic heterocycles. The standard InChI is InChI=1S/C13H22N2O4/c1-7-18-12(16)8(2)11-14-10(15-19-11)9(17-6)13(3,4)5/h8-9H,7H2,1-6H3. The number of nitrogens with zero attached hydrogens (tertiary/aromatic N) is 2. The highest BCUT2D eigenvalue weighted by atomic mass is 16.5. The van der Waals surface area contributed by atoms with E-state index in [2.05, 4.69) is 10.1 Å². The Balaban J connectivity index is 2.90. The average molecular weight is 270 g/mol. The number of aromatic nitrogens is 2. The summed E-state index contributed by atoms with van der Waals surface area (Å²) in [6.07, 6.45) is -0.292. The summed E-state index contributed by atoms with van der Waals surface area (Å²) < 4.78 is 15.5. The molecular weight excluding hydrogens is 248 g/mol. The number of hydrogen-bond acceptors (Lipinski definition) is 6. The van der Waals surface area contributed by atoms with E-state index >= 15 is 0 Å². The molecule has 19 heavy (non-hydrogen) atoms. The summed E-state index contributed by atoms with van der Waals surface area (Å²) >= 11 is 0. The van der Waals surface area contributed by atoms with E-state index in [0.717, 1.165) is 0 Å². The number of esters is 1. The molecule has 0 aromatic carbocycles. The highest BCUT2D eigenvalue weighted by Gasteiger charge is 2.32. The van der Waals surface area contributed by atoms with Crippen LogP contribution in [0.5, 0.6) is 0 Å². The van der Waals surface area contributed by atoms with Crippen LogP contribution in [0.4, 0.5) is 0 Å². The van der Waals surface area contributed by atoms with Crippen LogP contribution < -0.4 is 0 Å². The Morgan fingerprint density at radius 1 is 1.42 bits per heavy atom. The van der Waals surface area contributed by atoms with Crippen molar-refractivity contribution >= 4 is 5.97 Å². The van der Waals surface area contributed by atoms with Crippen LogP contribution in [0.1, 0.15) is 58.4 Å². The summed E-state index contributed by atoms with van der Waals surface area (Å²) in [7, 11) is 1.60. The zero-order valence-electron chi connectivity index (χ0n) is 12.4. The molecule has 108 valence electrons. The fourth-order valence-corrected chi connectivity index (χ4v) is 1.74. The van der Waals surface area contributed by atoms with Crippen LogP contribution in [0.3, 0.4) is 0 Å². The maximum Gasteiger partial charge on any atom is 0.318 e. The summed E-state index contributed by atoms with van der Waals surface area (Å²) in [5.74, 6) is -0.248. The van der Waals surface area contributed by atoms with E-state index in [1.807, 2.05) is 20.8 Å². The molecule has 2 unspecified atom stereocenters. The topological polar surface area (TPSA) is 74.5 Å². The van der Waals surface area contributed by atoms with Crippen LogP contribution in [-0.4, -0.2) is 29.8 Å². The molecule has 6 heteroatoms. The van der Waals surface area contributed by atoms with Gasteiger partial charge in [0.2, 0.25) is 11.7 Å². The van der Waals surface area contributed by atoms with Crippen LogP contribution >= 0.6 is 0 Å². The number of carbonyl (C=O) groups excluding carboxylic acids is 1. The molecule has 0 aliphatic carbocycles. The van der Waals surface area contributed by atoms with E-state index in [9.17, 15) is 4.79 Å². The molecule has 0 aliphatic heterocycles. The monoisotopic (exact) mass is 270 g/mol. The second-order valence-electron chi connectivity index (χ2n) is 5.45. The summed E-state index contributed by atoms with van der Waals surface area (Å²) in [5, 5.41) is 3.90. The largest absolute Gasteiger partial charge is 0.465 e. The fraction of sp³-hybridized carbons (Fsp3) is 0.769. The Morgan fingerprint density at radius 2 is 2.05 bits per heavy atom. The summed E-state index contributed by atoms with van der Waals surface area (Å²) in [6, 6.07) is 0. The molecule has 0 N–H and O–H groups in total. The molecule has 1 rings (SSSR count). The van der Waals surface area contributed by atoms with E-state index in [1.165, 1.54) is 0 Å². The number of carbonyl (C=O) groups is 1. The quantitative estimate of drug-likeness (QED) is 0.765. The Kier molecular flexibility index (Phi) is 5.05. The van der Waals surface area contributed by atoms with Crippen LogP contribution in [-0.2, 0) is 14.3 Å². The van der Waals surface area contributed by atoms with Crippen molar-refractivity contribution in [3.63, 3.8) is 0 Å². The molecule has 0 saturated carbocycles. The maximum atomic E-state index is 11.6. The molecule has 0 bridgehead atoms. The van der Waals surface area contributed by atoms with Crippen LogP contribution in [0.25, 0.3) is 0 Å². The van der Waals surface area contributed by atoms with Gasteiger partial charge >= 0.3 is 5.97 Å².